The summed E-state index contributed by atoms with van der Waals surface area (Å²) in [6.45, 7) is 9.16. The van der Waals surface area contributed by atoms with Gasteiger partial charge in [0.1, 0.15) is 13.2 Å². The van der Waals surface area contributed by atoms with E-state index in [1.54, 1.807) is 0 Å². The number of fused-ring (bicyclic) bond motifs is 2. The fourth-order valence-corrected chi connectivity index (χ4v) is 4.45. The standard InChI is InChI=1S/C17H28O4/c1-5-17(4)20-9-16(21-17)19-8-15(18)14-7-12-6-13(14)11(3)10(12)2/h10-14,16H,5-9H2,1-4H3. The van der Waals surface area contributed by atoms with Crippen LogP contribution in [0, 0.1) is 29.6 Å². The fourth-order valence-electron chi connectivity index (χ4n) is 4.45. The minimum atomic E-state index is -0.552. The average Bonchev–Trinajstić information content (AvgIpc) is 3.13. The fraction of sp³-hybridized carbons (Fsp3) is 0.941. The lowest BCUT2D eigenvalue weighted by Gasteiger charge is -2.31. The second kappa shape index (κ2) is 5.64. The lowest BCUT2D eigenvalue weighted by Crippen LogP contribution is -2.33. The molecule has 0 aromatic carbocycles. The molecule has 0 aromatic rings. The Labute approximate surface area is 127 Å². The largest absolute Gasteiger partial charge is 0.345 e. The van der Waals surface area contributed by atoms with Gasteiger partial charge in [0.05, 0.1) is 0 Å². The van der Waals surface area contributed by atoms with Crippen LogP contribution in [0.3, 0.4) is 0 Å². The molecule has 4 nitrogen and oxygen atoms in total. The summed E-state index contributed by atoms with van der Waals surface area (Å²) in [4.78, 5) is 12.5. The lowest BCUT2D eigenvalue weighted by molar-refractivity contribution is -0.202. The van der Waals surface area contributed by atoms with Crippen LogP contribution in [-0.4, -0.2) is 31.1 Å². The first-order valence-corrected chi connectivity index (χ1v) is 8.39. The SMILES string of the molecule is CCC1(C)OCC(OCC(=O)C2CC3CC2C(C)C3C)O1. The number of carbonyl (C=O) groups is 1. The Kier molecular flexibility index (Phi) is 4.15. The molecule has 3 rings (SSSR count). The van der Waals surface area contributed by atoms with Gasteiger partial charge in [-0.2, -0.15) is 0 Å². The molecular formula is C17H28O4. The summed E-state index contributed by atoms with van der Waals surface area (Å²) in [5.74, 6) is 2.68. The van der Waals surface area contributed by atoms with E-state index < -0.39 is 12.1 Å². The lowest BCUT2D eigenvalue weighted by atomic mass is 9.74. The van der Waals surface area contributed by atoms with Gasteiger partial charge in [0.2, 0.25) is 0 Å². The van der Waals surface area contributed by atoms with E-state index in [1.165, 1.54) is 6.42 Å². The van der Waals surface area contributed by atoms with Gasteiger partial charge in [-0.15, -0.1) is 0 Å². The summed E-state index contributed by atoms with van der Waals surface area (Å²) >= 11 is 0. The molecule has 1 saturated heterocycles. The molecule has 4 heteroatoms. The molecule has 0 spiro atoms. The monoisotopic (exact) mass is 296 g/mol. The number of ketones is 1. The predicted octanol–water partition coefficient (Wildman–Crippen LogP) is 3.00. The van der Waals surface area contributed by atoms with Crippen molar-refractivity contribution < 1.29 is 19.0 Å². The molecule has 0 amide bonds. The van der Waals surface area contributed by atoms with Crippen LogP contribution in [0.25, 0.3) is 0 Å². The van der Waals surface area contributed by atoms with E-state index >= 15 is 0 Å². The van der Waals surface area contributed by atoms with Crippen LogP contribution in [0.2, 0.25) is 0 Å². The number of carbonyl (C=O) groups excluding carboxylic acids is 1. The van der Waals surface area contributed by atoms with E-state index in [9.17, 15) is 4.79 Å². The van der Waals surface area contributed by atoms with Gasteiger partial charge in [0.15, 0.2) is 17.9 Å². The second-order valence-electron chi connectivity index (χ2n) is 7.34. The maximum atomic E-state index is 12.5. The molecule has 2 bridgehead atoms. The molecule has 2 saturated carbocycles. The zero-order chi connectivity index (χ0) is 15.2. The summed E-state index contributed by atoms with van der Waals surface area (Å²) in [5, 5.41) is 0. The van der Waals surface area contributed by atoms with Crippen molar-refractivity contribution in [2.24, 2.45) is 29.6 Å². The molecule has 1 heterocycles. The normalized spacial score (nSPS) is 49.0. The number of hydrogen-bond donors (Lipinski definition) is 0. The zero-order valence-electron chi connectivity index (χ0n) is 13.6. The molecular weight excluding hydrogens is 268 g/mol. The molecule has 21 heavy (non-hydrogen) atoms. The maximum absolute atomic E-state index is 12.5. The first kappa shape index (κ1) is 15.4. The Hall–Kier alpha value is -0.450. The molecule has 7 unspecified atom stereocenters. The molecule has 0 radical (unpaired) electrons. The molecule has 0 N–H and O–H groups in total. The van der Waals surface area contributed by atoms with Gasteiger partial charge in [-0.25, -0.2) is 0 Å². The van der Waals surface area contributed by atoms with Crippen LogP contribution in [0.1, 0.15) is 47.0 Å². The van der Waals surface area contributed by atoms with Crippen molar-refractivity contribution in [1.29, 1.82) is 0 Å². The molecule has 0 aromatic heterocycles. The molecule has 1 aliphatic heterocycles. The summed E-state index contributed by atoms with van der Waals surface area (Å²) in [5.41, 5.74) is 0. The number of ether oxygens (including phenoxy) is 3. The first-order valence-electron chi connectivity index (χ1n) is 8.39. The molecule has 3 aliphatic rings. The Balaban J connectivity index is 1.48. The van der Waals surface area contributed by atoms with E-state index in [2.05, 4.69) is 13.8 Å². The van der Waals surface area contributed by atoms with Gasteiger partial charge in [0, 0.05) is 5.92 Å². The summed E-state index contributed by atoms with van der Waals surface area (Å²) in [6, 6.07) is 0. The molecule has 7 atom stereocenters. The van der Waals surface area contributed by atoms with Crippen molar-refractivity contribution in [3.63, 3.8) is 0 Å². The van der Waals surface area contributed by atoms with Crippen LogP contribution in [0.4, 0.5) is 0 Å². The van der Waals surface area contributed by atoms with E-state index in [-0.39, 0.29) is 18.3 Å². The molecule has 3 fully saturated rings. The van der Waals surface area contributed by atoms with Gasteiger partial charge in [-0.05, 0) is 49.9 Å². The van der Waals surface area contributed by atoms with Crippen molar-refractivity contribution in [2.45, 2.75) is 59.0 Å². The van der Waals surface area contributed by atoms with Crippen molar-refractivity contribution in [3.8, 4) is 0 Å². The van der Waals surface area contributed by atoms with Crippen LogP contribution < -0.4 is 0 Å². The van der Waals surface area contributed by atoms with Crippen LogP contribution in [0.15, 0.2) is 0 Å². The van der Waals surface area contributed by atoms with Crippen molar-refractivity contribution in [3.05, 3.63) is 0 Å². The predicted molar refractivity (Wildman–Crippen MR) is 78.5 cm³/mol. The Morgan fingerprint density at radius 2 is 2.05 bits per heavy atom. The van der Waals surface area contributed by atoms with E-state index in [4.69, 9.17) is 14.2 Å². The second-order valence-corrected chi connectivity index (χ2v) is 7.34. The minimum absolute atomic E-state index is 0.169. The quantitative estimate of drug-likeness (QED) is 0.782. The summed E-state index contributed by atoms with van der Waals surface area (Å²) in [7, 11) is 0. The summed E-state index contributed by atoms with van der Waals surface area (Å²) in [6.07, 6.45) is 2.68. The maximum Gasteiger partial charge on any atom is 0.184 e. The van der Waals surface area contributed by atoms with Gasteiger partial charge in [0.25, 0.3) is 0 Å². The third-order valence-corrected chi connectivity index (χ3v) is 6.27. The Morgan fingerprint density at radius 3 is 2.62 bits per heavy atom. The topological polar surface area (TPSA) is 44.8 Å². The number of Topliss-reactive ketones (excluding diaryl/α,β-unsaturated/α-hetero) is 1. The van der Waals surface area contributed by atoms with Gasteiger partial charge < -0.3 is 14.2 Å². The van der Waals surface area contributed by atoms with Gasteiger partial charge >= 0.3 is 0 Å². The van der Waals surface area contributed by atoms with Crippen molar-refractivity contribution in [1.82, 2.24) is 0 Å². The summed E-state index contributed by atoms with van der Waals surface area (Å²) < 4.78 is 16.9. The van der Waals surface area contributed by atoms with E-state index in [1.807, 2.05) is 13.8 Å². The smallest absolute Gasteiger partial charge is 0.184 e. The highest BCUT2D eigenvalue weighted by Gasteiger charge is 2.51. The highest BCUT2D eigenvalue weighted by molar-refractivity contribution is 5.83. The van der Waals surface area contributed by atoms with Crippen LogP contribution >= 0.6 is 0 Å². The van der Waals surface area contributed by atoms with E-state index in [0.717, 1.165) is 24.7 Å². The number of hydrogen-bond acceptors (Lipinski definition) is 4. The van der Waals surface area contributed by atoms with Crippen molar-refractivity contribution in [2.75, 3.05) is 13.2 Å². The van der Waals surface area contributed by atoms with Gasteiger partial charge in [-0.3, -0.25) is 4.79 Å². The third kappa shape index (κ3) is 2.78. The van der Waals surface area contributed by atoms with Crippen LogP contribution in [-0.2, 0) is 19.0 Å². The van der Waals surface area contributed by atoms with Crippen LogP contribution in [0.5, 0.6) is 0 Å². The Morgan fingerprint density at radius 1 is 1.29 bits per heavy atom. The zero-order valence-corrected chi connectivity index (χ0v) is 13.6. The third-order valence-electron chi connectivity index (χ3n) is 6.27. The number of rotatable bonds is 5. The highest BCUT2D eigenvalue weighted by atomic mass is 16.8. The Bertz CT molecular complexity index is 408. The first-order chi connectivity index (χ1) is 9.93. The highest BCUT2D eigenvalue weighted by Crippen LogP contribution is 2.55. The van der Waals surface area contributed by atoms with Crippen molar-refractivity contribution >= 4 is 5.78 Å². The molecule has 120 valence electrons. The van der Waals surface area contributed by atoms with E-state index in [0.29, 0.717) is 18.4 Å². The average molecular weight is 296 g/mol. The minimum Gasteiger partial charge on any atom is -0.345 e. The van der Waals surface area contributed by atoms with Gasteiger partial charge in [-0.1, -0.05) is 20.8 Å². The molecule has 2 aliphatic carbocycles.